The van der Waals surface area contributed by atoms with Crippen molar-refractivity contribution >= 4 is 11.9 Å². The van der Waals surface area contributed by atoms with Crippen molar-refractivity contribution in [3.05, 3.63) is 24.2 Å². The Kier molecular flexibility index (Phi) is 7.83. The van der Waals surface area contributed by atoms with Crippen molar-refractivity contribution in [2.75, 3.05) is 20.3 Å². The number of methoxy groups -OCH3 is 1. The van der Waals surface area contributed by atoms with Gasteiger partial charge in [-0.25, -0.2) is 4.79 Å². The molecule has 1 aromatic rings. The molecular formula is C27H38O12. The molecule has 1 aromatic heterocycles. The number of cyclic esters (lactones) is 1. The van der Waals surface area contributed by atoms with E-state index in [-0.39, 0.29) is 18.5 Å². The molecule has 39 heavy (non-hydrogen) atoms. The van der Waals surface area contributed by atoms with E-state index in [0.717, 1.165) is 5.56 Å². The Hall–Kier alpha value is -2.06. The number of hydrogen-bond donors (Lipinski definition) is 4. The summed E-state index contributed by atoms with van der Waals surface area (Å²) >= 11 is 0. The maximum atomic E-state index is 13.4. The summed E-state index contributed by atoms with van der Waals surface area (Å²) in [6.07, 6.45) is -3.46. The van der Waals surface area contributed by atoms with E-state index in [0.29, 0.717) is 25.7 Å². The summed E-state index contributed by atoms with van der Waals surface area (Å²) in [5.41, 5.74) is -0.438. The van der Waals surface area contributed by atoms with Crippen molar-refractivity contribution in [1.29, 1.82) is 0 Å². The lowest BCUT2D eigenvalue weighted by Crippen LogP contribution is -2.59. The Morgan fingerprint density at radius 3 is 2.54 bits per heavy atom. The van der Waals surface area contributed by atoms with Crippen molar-refractivity contribution < 1.29 is 58.1 Å². The third kappa shape index (κ3) is 4.69. The Morgan fingerprint density at radius 1 is 1.10 bits per heavy atom. The molecule has 4 aliphatic rings. The summed E-state index contributed by atoms with van der Waals surface area (Å²) in [5, 5.41) is 39.8. The quantitative estimate of drug-likeness (QED) is 0.258. The second-order valence-electron chi connectivity index (χ2n) is 11.7. The molecule has 0 amide bonds. The second kappa shape index (κ2) is 10.7. The smallest absolute Gasteiger partial charge is 0.335 e. The molecule has 12 atom stereocenters. The van der Waals surface area contributed by atoms with Gasteiger partial charge in [0.1, 0.15) is 30.5 Å². The highest BCUT2D eigenvalue weighted by Gasteiger charge is 2.70. The lowest BCUT2D eigenvalue weighted by atomic mass is 9.48. The van der Waals surface area contributed by atoms with E-state index in [9.17, 15) is 30.0 Å². The summed E-state index contributed by atoms with van der Waals surface area (Å²) in [5.74, 6) is -1.59. The van der Waals surface area contributed by atoms with Gasteiger partial charge in [0.2, 0.25) is 0 Å². The predicted octanol–water partition coefficient (Wildman–Crippen LogP) is 0.453. The van der Waals surface area contributed by atoms with Crippen LogP contribution in [0.3, 0.4) is 0 Å². The highest BCUT2D eigenvalue weighted by Crippen LogP contribution is 2.66. The molecule has 3 aliphatic heterocycles. The summed E-state index contributed by atoms with van der Waals surface area (Å²) in [6.45, 7) is 3.64. The van der Waals surface area contributed by atoms with Gasteiger partial charge < -0.3 is 48.5 Å². The zero-order chi connectivity index (χ0) is 28.1. The molecule has 4 heterocycles. The van der Waals surface area contributed by atoms with Gasteiger partial charge in [-0.3, -0.25) is 4.79 Å². The topological polar surface area (TPSA) is 174 Å². The van der Waals surface area contributed by atoms with Gasteiger partial charge in [0.15, 0.2) is 12.4 Å². The van der Waals surface area contributed by atoms with Crippen LogP contribution in [0, 0.1) is 22.7 Å². The first-order chi connectivity index (χ1) is 18.5. The van der Waals surface area contributed by atoms with Gasteiger partial charge in [-0.1, -0.05) is 13.8 Å². The molecule has 1 saturated carbocycles. The van der Waals surface area contributed by atoms with E-state index in [2.05, 4.69) is 6.92 Å². The average Bonchev–Trinajstić information content (AvgIpc) is 3.54. The lowest BCUT2D eigenvalue weighted by Gasteiger charge is -2.56. The first-order valence-electron chi connectivity index (χ1n) is 13.4. The fourth-order valence-corrected chi connectivity index (χ4v) is 7.61. The monoisotopic (exact) mass is 554 g/mol. The largest absolute Gasteiger partial charge is 0.472 e. The highest BCUT2D eigenvalue weighted by molar-refractivity contribution is 5.79. The number of aliphatic hydroxyl groups is 4. The third-order valence-electron chi connectivity index (χ3n) is 9.46. The number of carbonyl (C=O) groups is 2. The van der Waals surface area contributed by atoms with E-state index < -0.39 is 78.3 Å². The third-order valence-corrected chi connectivity index (χ3v) is 9.46. The summed E-state index contributed by atoms with van der Waals surface area (Å²) in [6, 6.07) is 1.78. The van der Waals surface area contributed by atoms with Crippen LogP contribution >= 0.6 is 0 Å². The molecule has 12 nitrogen and oxygen atoms in total. The van der Waals surface area contributed by atoms with Crippen LogP contribution < -0.4 is 0 Å². The lowest BCUT2D eigenvalue weighted by molar-refractivity contribution is -0.301. The maximum Gasteiger partial charge on any atom is 0.335 e. The zero-order valence-electron chi connectivity index (χ0n) is 22.3. The van der Waals surface area contributed by atoms with Crippen LogP contribution in [0.25, 0.3) is 0 Å². The first-order valence-corrected chi connectivity index (χ1v) is 13.4. The fraction of sp³-hybridized carbons (Fsp3) is 0.778. The SMILES string of the molecule is COC(=O)[C@H]1O[C@@H]2C[C@@]1(C)[C@@H](CCCO[C@@H]1O[C@H](CO)[C@@H](O)[C@H](O)[C@H]1O)[C@]1(C)C[C@@H](c3ccoc3)OC(=O)[C@H]21. The van der Waals surface area contributed by atoms with Gasteiger partial charge in [0, 0.05) is 17.6 Å². The Morgan fingerprint density at radius 2 is 1.87 bits per heavy atom. The average molecular weight is 555 g/mol. The fourth-order valence-electron chi connectivity index (χ4n) is 7.61. The van der Waals surface area contributed by atoms with Crippen LogP contribution in [0.5, 0.6) is 0 Å². The van der Waals surface area contributed by atoms with Crippen LogP contribution in [-0.4, -0.2) is 95.6 Å². The molecule has 5 rings (SSSR count). The molecular weight excluding hydrogens is 516 g/mol. The number of hydrogen-bond acceptors (Lipinski definition) is 12. The summed E-state index contributed by atoms with van der Waals surface area (Å²) in [7, 11) is 1.32. The number of carbonyl (C=O) groups excluding carboxylic acids is 2. The number of rotatable bonds is 8. The van der Waals surface area contributed by atoms with Crippen molar-refractivity contribution in [2.24, 2.45) is 22.7 Å². The molecule has 12 heteroatoms. The van der Waals surface area contributed by atoms with Gasteiger partial charge in [0.05, 0.1) is 38.3 Å². The van der Waals surface area contributed by atoms with Crippen LogP contribution in [0.4, 0.5) is 0 Å². The molecule has 0 aromatic carbocycles. The first kappa shape index (κ1) is 28.5. The van der Waals surface area contributed by atoms with Crippen LogP contribution in [-0.2, 0) is 33.3 Å². The van der Waals surface area contributed by atoms with Gasteiger partial charge >= 0.3 is 11.9 Å². The van der Waals surface area contributed by atoms with Crippen LogP contribution in [0.2, 0.25) is 0 Å². The molecule has 218 valence electrons. The number of esters is 2. The standard InChI is InChI=1S/C27H38O12/c1-26-9-14(13-6-8-35-12-13)38-23(32)18(26)15-10-27(2,22(37-15)24(33)34-3)17(26)5-4-7-36-25-21(31)20(30)19(29)16(11-28)39-25/h6,8,12,14-22,25,28-31H,4-5,7,9-11H2,1-3H3/t14-,15+,16+,17-,18-,19+,20-,21+,22+,25+,26-,27-/m0/s1. The molecule has 0 radical (unpaired) electrons. The van der Waals surface area contributed by atoms with E-state index in [4.69, 9.17) is 28.1 Å². The Bertz CT molecular complexity index is 1030. The van der Waals surface area contributed by atoms with Gasteiger partial charge in [0.25, 0.3) is 0 Å². The van der Waals surface area contributed by atoms with E-state index in [1.807, 2.05) is 6.92 Å². The van der Waals surface area contributed by atoms with Crippen molar-refractivity contribution in [3.8, 4) is 0 Å². The minimum atomic E-state index is -1.53. The number of aliphatic hydroxyl groups excluding tert-OH is 4. The molecule has 4 N–H and O–H groups in total. The number of ether oxygens (including phenoxy) is 5. The summed E-state index contributed by atoms with van der Waals surface area (Å²) in [4.78, 5) is 26.3. The molecule has 0 spiro atoms. The minimum absolute atomic E-state index is 0.124. The molecule has 4 fully saturated rings. The normalized spacial score (nSPS) is 45.5. The van der Waals surface area contributed by atoms with Gasteiger partial charge in [-0.05, 0) is 43.1 Å². The number of furan rings is 1. The molecule has 3 saturated heterocycles. The van der Waals surface area contributed by atoms with Crippen LogP contribution in [0.15, 0.2) is 23.0 Å². The molecule has 1 aliphatic carbocycles. The predicted molar refractivity (Wildman–Crippen MR) is 130 cm³/mol. The second-order valence-corrected chi connectivity index (χ2v) is 11.7. The van der Waals surface area contributed by atoms with Crippen molar-refractivity contribution in [1.82, 2.24) is 0 Å². The molecule has 0 unspecified atom stereocenters. The summed E-state index contributed by atoms with van der Waals surface area (Å²) < 4.78 is 33.6. The maximum absolute atomic E-state index is 13.4. The van der Waals surface area contributed by atoms with Crippen molar-refractivity contribution in [2.45, 2.75) is 88.5 Å². The Balaban J connectivity index is 1.36. The number of fused-ring (bicyclic) bond motifs is 4. The van der Waals surface area contributed by atoms with E-state index in [1.165, 1.54) is 13.4 Å². The van der Waals surface area contributed by atoms with Crippen LogP contribution in [0.1, 0.15) is 51.2 Å². The zero-order valence-corrected chi connectivity index (χ0v) is 22.3. The molecule has 2 bridgehead atoms. The van der Waals surface area contributed by atoms with Gasteiger partial charge in [-0.2, -0.15) is 0 Å². The van der Waals surface area contributed by atoms with Gasteiger partial charge in [-0.15, -0.1) is 0 Å². The highest BCUT2D eigenvalue weighted by atomic mass is 16.7. The Labute approximate surface area is 226 Å². The van der Waals surface area contributed by atoms with E-state index in [1.54, 1.807) is 12.3 Å². The minimum Gasteiger partial charge on any atom is -0.472 e. The van der Waals surface area contributed by atoms with Crippen molar-refractivity contribution in [3.63, 3.8) is 0 Å². The van der Waals surface area contributed by atoms with E-state index >= 15 is 0 Å².